The van der Waals surface area contributed by atoms with Crippen LogP contribution in [0.25, 0.3) is 0 Å². The molecule has 108 valence electrons. The Labute approximate surface area is 117 Å². The Balaban J connectivity index is 1.98. The van der Waals surface area contributed by atoms with Gasteiger partial charge in [-0.2, -0.15) is 16.7 Å². The van der Waals surface area contributed by atoms with E-state index in [0.29, 0.717) is 24.7 Å². The first-order chi connectivity index (χ1) is 9.04. The van der Waals surface area contributed by atoms with Crippen LogP contribution in [-0.2, 0) is 22.1 Å². The number of hydrogen-bond acceptors (Lipinski definition) is 7. The van der Waals surface area contributed by atoms with E-state index in [0.717, 1.165) is 12.3 Å². The Hall–Kier alpha value is -0.600. The Morgan fingerprint density at radius 3 is 2.89 bits per heavy atom. The van der Waals surface area contributed by atoms with Crippen molar-refractivity contribution in [3.8, 4) is 0 Å². The van der Waals surface area contributed by atoms with E-state index in [4.69, 9.17) is 4.52 Å². The lowest BCUT2D eigenvalue weighted by atomic mass is 10.2. The molecule has 8 heteroatoms. The summed E-state index contributed by atoms with van der Waals surface area (Å²) >= 11 is 1.64. The molecule has 0 aromatic carbocycles. The Morgan fingerprint density at radius 2 is 2.32 bits per heavy atom. The number of sulfone groups is 1. The lowest BCUT2D eigenvalue weighted by molar-refractivity contribution is 0.186. The number of hydrogen-bond donors (Lipinski definition) is 0. The van der Waals surface area contributed by atoms with Gasteiger partial charge in [-0.1, -0.05) is 12.1 Å². The molecule has 0 spiro atoms. The molecule has 1 aromatic heterocycles. The minimum absolute atomic E-state index is 0.0749. The van der Waals surface area contributed by atoms with Crippen molar-refractivity contribution in [2.24, 2.45) is 0 Å². The summed E-state index contributed by atoms with van der Waals surface area (Å²) in [6.07, 6.45) is 2.68. The third-order valence-corrected chi connectivity index (χ3v) is 5.55. The standard InChI is InChI=1S/C11H19N3O3S2/c1-3-14(9-4-5-19(15,16)8-9)6-11-12-10(7-18-2)13-17-11/h9H,3-8H2,1-2H3/t9-/m1/s1. The minimum Gasteiger partial charge on any atom is -0.338 e. The number of aromatic nitrogens is 2. The van der Waals surface area contributed by atoms with Crippen molar-refractivity contribution in [1.29, 1.82) is 0 Å². The molecule has 0 N–H and O–H groups in total. The number of nitrogens with zero attached hydrogens (tertiary/aromatic N) is 3. The van der Waals surface area contributed by atoms with Gasteiger partial charge >= 0.3 is 0 Å². The van der Waals surface area contributed by atoms with E-state index in [-0.39, 0.29) is 17.5 Å². The predicted octanol–water partition coefficient (Wildman–Crippen LogP) is 0.942. The van der Waals surface area contributed by atoms with E-state index in [9.17, 15) is 8.42 Å². The zero-order valence-corrected chi connectivity index (χ0v) is 12.8. The van der Waals surface area contributed by atoms with E-state index in [1.54, 1.807) is 11.8 Å². The van der Waals surface area contributed by atoms with Crippen LogP contribution in [-0.4, -0.2) is 53.8 Å². The third-order valence-electron chi connectivity index (χ3n) is 3.25. The topological polar surface area (TPSA) is 76.3 Å². The first-order valence-electron chi connectivity index (χ1n) is 6.29. The zero-order chi connectivity index (χ0) is 13.9. The summed E-state index contributed by atoms with van der Waals surface area (Å²) in [5.41, 5.74) is 0. The van der Waals surface area contributed by atoms with E-state index in [1.165, 1.54) is 0 Å². The summed E-state index contributed by atoms with van der Waals surface area (Å²) in [4.78, 5) is 6.40. The van der Waals surface area contributed by atoms with Crippen LogP contribution in [0.4, 0.5) is 0 Å². The molecule has 2 rings (SSSR count). The molecule has 1 atom stereocenters. The molecule has 0 saturated carbocycles. The van der Waals surface area contributed by atoms with Gasteiger partial charge in [-0.05, 0) is 19.2 Å². The van der Waals surface area contributed by atoms with Crippen molar-refractivity contribution in [2.75, 3.05) is 24.3 Å². The Bertz CT molecular complexity index is 515. The smallest absolute Gasteiger partial charge is 0.240 e. The van der Waals surface area contributed by atoms with Crippen molar-refractivity contribution in [2.45, 2.75) is 31.7 Å². The maximum Gasteiger partial charge on any atom is 0.240 e. The van der Waals surface area contributed by atoms with Gasteiger partial charge in [0.25, 0.3) is 0 Å². The van der Waals surface area contributed by atoms with Gasteiger partial charge < -0.3 is 4.52 Å². The molecule has 0 amide bonds. The van der Waals surface area contributed by atoms with Crippen molar-refractivity contribution in [3.05, 3.63) is 11.7 Å². The van der Waals surface area contributed by atoms with Crippen LogP contribution >= 0.6 is 11.8 Å². The van der Waals surface area contributed by atoms with Gasteiger partial charge in [-0.15, -0.1) is 0 Å². The van der Waals surface area contributed by atoms with Gasteiger partial charge in [0.2, 0.25) is 5.89 Å². The molecule has 1 aromatic rings. The van der Waals surface area contributed by atoms with Crippen LogP contribution in [0.5, 0.6) is 0 Å². The quantitative estimate of drug-likeness (QED) is 0.774. The highest BCUT2D eigenvalue weighted by Gasteiger charge is 2.32. The van der Waals surface area contributed by atoms with Crippen LogP contribution in [0.3, 0.4) is 0 Å². The maximum atomic E-state index is 11.5. The molecule has 1 saturated heterocycles. The average Bonchev–Trinajstić information content (AvgIpc) is 2.93. The van der Waals surface area contributed by atoms with Gasteiger partial charge in [0.15, 0.2) is 15.7 Å². The molecule has 2 heterocycles. The summed E-state index contributed by atoms with van der Waals surface area (Å²) in [7, 11) is -2.86. The third kappa shape index (κ3) is 3.93. The summed E-state index contributed by atoms with van der Waals surface area (Å²) in [6, 6.07) is 0.0749. The van der Waals surface area contributed by atoms with Crippen molar-refractivity contribution < 1.29 is 12.9 Å². The van der Waals surface area contributed by atoms with E-state index in [1.807, 2.05) is 13.2 Å². The lowest BCUT2D eigenvalue weighted by Crippen LogP contribution is -2.35. The molecular formula is C11H19N3O3S2. The molecule has 0 aliphatic carbocycles. The van der Waals surface area contributed by atoms with E-state index < -0.39 is 9.84 Å². The van der Waals surface area contributed by atoms with Crippen LogP contribution in [0.2, 0.25) is 0 Å². The van der Waals surface area contributed by atoms with Crippen LogP contribution < -0.4 is 0 Å². The molecule has 1 aliphatic rings. The van der Waals surface area contributed by atoms with Crippen LogP contribution in [0.15, 0.2) is 4.52 Å². The van der Waals surface area contributed by atoms with Gasteiger partial charge in [0.05, 0.1) is 23.8 Å². The number of rotatable bonds is 6. The zero-order valence-electron chi connectivity index (χ0n) is 11.2. The molecule has 0 unspecified atom stereocenters. The summed E-state index contributed by atoms with van der Waals surface area (Å²) < 4.78 is 28.2. The highest BCUT2D eigenvalue weighted by atomic mass is 32.2. The second-order valence-corrected chi connectivity index (χ2v) is 7.75. The molecular weight excluding hydrogens is 286 g/mol. The van der Waals surface area contributed by atoms with Crippen molar-refractivity contribution >= 4 is 21.6 Å². The first-order valence-corrected chi connectivity index (χ1v) is 9.50. The Morgan fingerprint density at radius 1 is 1.53 bits per heavy atom. The molecule has 0 radical (unpaired) electrons. The number of thioether (sulfide) groups is 1. The normalized spacial score (nSPS) is 22.2. The highest BCUT2D eigenvalue weighted by Crippen LogP contribution is 2.19. The van der Waals surface area contributed by atoms with Gasteiger partial charge in [-0.3, -0.25) is 4.90 Å². The fourth-order valence-corrected chi connectivity index (χ4v) is 4.42. The highest BCUT2D eigenvalue weighted by molar-refractivity contribution is 7.97. The lowest BCUT2D eigenvalue weighted by Gasteiger charge is -2.24. The van der Waals surface area contributed by atoms with Crippen LogP contribution in [0.1, 0.15) is 25.1 Å². The Kier molecular flexibility index (Phi) is 4.86. The molecule has 19 heavy (non-hydrogen) atoms. The van der Waals surface area contributed by atoms with Crippen LogP contribution in [0, 0.1) is 0 Å². The first kappa shape index (κ1) is 14.8. The monoisotopic (exact) mass is 305 g/mol. The summed E-state index contributed by atoms with van der Waals surface area (Å²) in [5.74, 6) is 2.52. The molecule has 1 fully saturated rings. The van der Waals surface area contributed by atoms with Gasteiger partial charge in [-0.25, -0.2) is 8.42 Å². The molecule has 0 bridgehead atoms. The predicted molar refractivity (Wildman–Crippen MR) is 74.7 cm³/mol. The van der Waals surface area contributed by atoms with Crippen molar-refractivity contribution in [1.82, 2.24) is 15.0 Å². The van der Waals surface area contributed by atoms with E-state index >= 15 is 0 Å². The summed E-state index contributed by atoms with van der Waals surface area (Å²) in [6.45, 7) is 3.32. The van der Waals surface area contributed by atoms with E-state index in [2.05, 4.69) is 15.0 Å². The SMILES string of the molecule is CCN(Cc1nc(CSC)no1)[C@@H]1CCS(=O)(=O)C1. The van der Waals surface area contributed by atoms with Gasteiger partial charge in [0, 0.05) is 6.04 Å². The largest absolute Gasteiger partial charge is 0.338 e. The molecule has 6 nitrogen and oxygen atoms in total. The maximum absolute atomic E-state index is 11.5. The van der Waals surface area contributed by atoms with Gasteiger partial charge in [0.1, 0.15) is 0 Å². The second kappa shape index (κ2) is 6.23. The average molecular weight is 305 g/mol. The molecule has 1 aliphatic heterocycles. The fraction of sp³-hybridized carbons (Fsp3) is 0.818. The van der Waals surface area contributed by atoms with Crippen molar-refractivity contribution in [3.63, 3.8) is 0 Å². The summed E-state index contributed by atoms with van der Waals surface area (Å²) in [5, 5.41) is 3.90. The fourth-order valence-electron chi connectivity index (χ4n) is 2.28. The minimum atomic E-state index is -2.86. The second-order valence-electron chi connectivity index (χ2n) is 4.66.